The molecule has 2 fully saturated rings. The molecule has 0 amide bonds. The predicted octanol–water partition coefficient (Wildman–Crippen LogP) is -4.29. The van der Waals surface area contributed by atoms with Crippen molar-refractivity contribution in [1.82, 2.24) is 9.55 Å². The van der Waals surface area contributed by atoms with E-state index in [0.29, 0.717) is 0 Å². The molecule has 0 aromatic carbocycles. The Balaban J connectivity index is 1.74. The van der Waals surface area contributed by atoms with Crippen LogP contribution in [0.4, 0.5) is 5.82 Å². The number of ether oxygens (including phenoxy) is 2. The van der Waals surface area contributed by atoms with Crippen molar-refractivity contribution in [3.63, 3.8) is 0 Å². The van der Waals surface area contributed by atoms with Gasteiger partial charge in [0, 0.05) is 6.20 Å². The van der Waals surface area contributed by atoms with Crippen LogP contribution in [0.15, 0.2) is 17.1 Å². The quantitative estimate of drug-likeness (QED) is 0.264. The summed E-state index contributed by atoms with van der Waals surface area (Å²) in [5, 5.41) is 60.1. The SMILES string of the molecule is O=c1nc(NC2O[C@H](CO)[C@@H](O)[C@@H]2O)ccn1C1O[C@H](CO)[C@@H](O)[C@@H]1O. The van der Waals surface area contributed by atoms with Crippen LogP contribution in [0, 0.1) is 0 Å². The van der Waals surface area contributed by atoms with Gasteiger partial charge in [-0.3, -0.25) is 4.57 Å². The van der Waals surface area contributed by atoms with Gasteiger partial charge in [-0.05, 0) is 6.07 Å². The van der Waals surface area contributed by atoms with Crippen molar-refractivity contribution in [3.8, 4) is 0 Å². The Labute approximate surface area is 146 Å². The highest BCUT2D eigenvalue weighted by Gasteiger charge is 2.44. The maximum absolute atomic E-state index is 12.2. The number of anilines is 1. The summed E-state index contributed by atoms with van der Waals surface area (Å²) in [6.45, 7) is -1.02. The van der Waals surface area contributed by atoms with E-state index in [1.807, 2.05) is 0 Å². The Morgan fingerprint density at radius 1 is 1.00 bits per heavy atom. The summed E-state index contributed by atoms with van der Waals surface area (Å²) in [6.07, 6.45) is -8.46. The molecule has 8 atom stereocenters. The maximum Gasteiger partial charge on any atom is 0.351 e. The fourth-order valence-electron chi connectivity index (χ4n) is 2.96. The molecule has 1 aromatic rings. The molecule has 0 spiro atoms. The zero-order valence-electron chi connectivity index (χ0n) is 13.5. The highest BCUT2D eigenvalue weighted by Crippen LogP contribution is 2.28. The van der Waals surface area contributed by atoms with Gasteiger partial charge in [0.15, 0.2) is 12.5 Å². The first-order valence-electron chi connectivity index (χ1n) is 7.98. The van der Waals surface area contributed by atoms with Crippen LogP contribution < -0.4 is 11.0 Å². The first-order valence-corrected chi connectivity index (χ1v) is 7.98. The second-order valence-electron chi connectivity index (χ2n) is 6.13. The van der Waals surface area contributed by atoms with E-state index in [-0.39, 0.29) is 5.82 Å². The van der Waals surface area contributed by atoms with E-state index in [1.165, 1.54) is 12.3 Å². The molecule has 3 rings (SSSR count). The molecule has 0 aliphatic carbocycles. The molecule has 7 N–H and O–H groups in total. The Bertz CT molecular complexity index is 686. The third-order valence-electron chi connectivity index (χ3n) is 4.45. The van der Waals surface area contributed by atoms with Crippen LogP contribution in [0.3, 0.4) is 0 Å². The van der Waals surface area contributed by atoms with Gasteiger partial charge in [-0.2, -0.15) is 4.98 Å². The number of aliphatic hydroxyl groups excluding tert-OH is 6. The number of nitrogens with one attached hydrogen (secondary N) is 1. The molecule has 26 heavy (non-hydrogen) atoms. The van der Waals surface area contributed by atoms with Crippen molar-refractivity contribution in [1.29, 1.82) is 0 Å². The number of aliphatic hydroxyl groups is 6. The fraction of sp³-hybridized carbons (Fsp3) is 0.714. The number of aromatic nitrogens is 2. The average molecular weight is 375 g/mol. The normalized spacial score (nSPS) is 40.1. The number of nitrogens with zero attached hydrogens (tertiary/aromatic N) is 2. The fourth-order valence-corrected chi connectivity index (χ4v) is 2.96. The number of hydrogen-bond acceptors (Lipinski definition) is 11. The summed E-state index contributed by atoms with van der Waals surface area (Å²) in [6, 6.07) is 1.34. The van der Waals surface area contributed by atoms with Gasteiger partial charge in [-0.1, -0.05) is 0 Å². The second-order valence-corrected chi connectivity index (χ2v) is 6.13. The third kappa shape index (κ3) is 3.33. The van der Waals surface area contributed by atoms with Crippen molar-refractivity contribution in [2.75, 3.05) is 18.5 Å². The van der Waals surface area contributed by atoms with Crippen molar-refractivity contribution < 1.29 is 40.1 Å². The van der Waals surface area contributed by atoms with Crippen LogP contribution in [-0.4, -0.2) is 96.3 Å². The highest BCUT2D eigenvalue weighted by molar-refractivity contribution is 5.33. The Hall–Kier alpha value is -1.64. The van der Waals surface area contributed by atoms with Crippen molar-refractivity contribution >= 4 is 5.82 Å². The Kier molecular flexibility index (Phi) is 5.55. The zero-order chi connectivity index (χ0) is 19.0. The Morgan fingerprint density at radius 3 is 2.15 bits per heavy atom. The summed E-state index contributed by atoms with van der Waals surface area (Å²) in [5.41, 5.74) is -0.823. The van der Waals surface area contributed by atoms with Gasteiger partial charge in [0.05, 0.1) is 13.2 Å². The summed E-state index contributed by atoms with van der Waals surface area (Å²) in [5.74, 6) is 0.0211. The van der Waals surface area contributed by atoms with Gasteiger partial charge >= 0.3 is 5.69 Å². The second kappa shape index (κ2) is 7.54. The minimum atomic E-state index is -1.43. The van der Waals surface area contributed by atoms with Gasteiger partial charge < -0.3 is 45.4 Å². The minimum Gasteiger partial charge on any atom is -0.394 e. The molecule has 1 aromatic heterocycles. The summed E-state index contributed by atoms with van der Waals surface area (Å²) in [4.78, 5) is 15.9. The summed E-state index contributed by atoms with van der Waals surface area (Å²) in [7, 11) is 0. The smallest absolute Gasteiger partial charge is 0.351 e. The highest BCUT2D eigenvalue weighted by atomic mass is 16.6. The van der Waals surface area contributed by atoms with Crippen molar-refractivity contribution in [2.45, 2.75) is 49.1 Å². The van der Waals surface area contributed by atoms with Crippen molar-refractivity contribution in [3.05, 3.63) is 22.7 Å². The van der Waals surface area contributed by atoms with E-state index < -0.39 is 68.0 Å². The molecule has 0 saturated carbocycles. The van der Waals surface area contributed by atoms with E-state index in [4.69, 9.17) is 19.7 Å². The third-order valence-corrected chi connectivity index (χ3v) is 4.45. The van der Waals surface area contributed by atoms with Crippen LogP contribution in [0.2, 0.25) is 0 Å². The summed E-state index contributed by atoms with van der Waals surface area (Å²) < 4.78 is 11.4. The molecule has 146 valence electrons. The Morgan fingerprint density at radius 2 is 1.62 bits per heavy atom. The molecule has 2 saturated heterocycles. The molecule has 12 nitrogen and oxygen atoms in total. The molecule has 2 aliphatic heterocycles. The molecule has 0 radical (unpaired) electrons. The zero-order valence-corrected chi connectivity index (χ0v) is 13.5. The van der Waals surface area contributed by atoms with Crippen LogP contribution in [0.1, 0.15) is 6.23 Å². The summed E-state index contributed by atoms with van der Waals surface area (Å²) >= 11 is 0. The first kappa shape index (κ1) is 19.1. The number of hydrogen-bond donors (Lipinski definition) is 7. The van der Waals surface area contributed by atoms with E-state index in [2.05, 4.69) is 10.3 Å². The van der Waals surface area contributed by atoms with Crippen LogP contribution >= 0.6 is 0 Å². The van der Waals surface area contributed by atoms with Crippen LogP contribution in [-0.2, 0) is 9.47 Å². The largest absolute Gasteiger partial charge is 0.394 e. The van der Waals surface area contributed by atoms with E-state index in [9.17, 15) is 25.2 Å². The van der Waals surface area contributed by atoms with Gasteiger partial charge in [0.1, 0.15) is 42.4 Å². The van der Waals surface area contributed by atoms with Gasteiger partial charge in [0.2, 0.25) is 0 Å². The molecular weight excluding hydrogens is 354 g/mol. The van der Waals surface area contributed by atoms with E-state index >= 15 is 0 Å². The predicted molar refractivity (Wildman–Crippen MR) is 82.9 cm³/mol. The van der Waals surface area contributed by atoms with Crippen LogP contribution in [0.5, 0.6) is 0 Å². The lowest BCUT2D eigenvalue weighted by atomic mass is 10.1. The molecule has 2 unspecified atom stereocenters. The van der Waals surface area contributed by atoms with Gasteiger partial charge in [-0.15, -0.1) is 0 Å². The minimum absolute atomic E-state index is 0.0211. The first-order chi connectivity index (χ1) is 12.4. The molecule has 12 heteroatoms. The number of rotatable bonds is 5. The van der Waals surface area contributed by atoms with Gasteiger partial charge in [0.25, 0.3) is 0 Å². The lowest BCUT2D eigenvalue weighted by Crippen LogP contribution is -2.38. The molecule has 0 bridgehead atoms. The monoisotopic (exact) mass is 375 g/mol. The molecular formula is C14H21N3O9. The maximum atomic E-state index is 12.2. The van der Waals surface area contributed by atoms with E-state index in [1.54, 1.807) is 0 Å². The van der Waals surface area contributed by atoms with Crippen molar-refractivity contribution in [2.24, 2.45) is 0 Å². The standard InChI is InChI=1S/C14H21N3O9/c18-3-5-8(20)10(22)12(25-5)15-7-1-2-17(14(24)16-7)13-11(23)9(21)6(4-19)26-13/h1-2,5-6,8-13,18-23H,3-4H2,(H,15,16,24)/t5-,6-,8-,9-,10+,11+,12?,13?/m1/s1. The molecule has 3 heterocycles. The van der Waals surface area contributed by atoms with Gasteiger partial charge in [-0.25, -0.2) is 4.79 Å². The lowest BCUT2D eigenvalue weighted by molar-refractivity contribution is -0.0549. The molecule has 2 aliphatic rings. The lowest BCUT2D eigenvalue weighted by Gasteiger charge is -2.19. The van der Waals surface area contributed by atoms with Crippen LogP contribution in [0.25, 0.3) is 0 Å². The van der Waals surface area contributed by atoms with E-state index in [0.717, 1.165) is 4.57 Å². The average Bonchev–Trinajstić information content (AvgIpc) is 3.06. The topological polar surface area (TPSA) is 187 Å².